The van der Waals surface area contributed by atoms with E-state index in [2.05, 4.69) is 11.0 Å². The maximum atomic E-state index is 13.0. The predicted octanol–water partition coefficient (Wildman–Crippen LogP) is 4.74. The van der Waals surface area contributed by atoms with Gasteiger partial charge in [-0.3, -0.25) is 4.90 Å². The maximum absolute atomic E-state index is 13.0. The summed E-state index contributed by atoms with van der Waals surface area (Å²) in [6.07, 6.45) is 4.03. The van der Waals surface area contributed by atoms with Gasteiger partial charge in [-0.05, 0) is 53.8 Å². The lowest BCUT2D eigenvalue weighted by molar-refractivity contribution is -0.148. The van der Waals surface area contributed by atoms with E-state index in [0.29, 0.717) is 5.75 Å². The Labute approximate surface area is 188 Å². The highest BCUT2D eigenvalue weighted by Crippen LogP contribution is 2.43. The molecule has 6 heteroatoms. The van der Waals surface area contributed by atoms with Gasteiger partial charge in [0.15, 0.2) is 11.5 Å². The van der Waals surface area contributed by atoms with Crippen molar-refractivity contribution in [3.63, 3.8) is 0 Å². The third-order valence-electron chi connectivity index (χ3n) is 6.16. The minimum atomic E-state index is -0.496. The van der Waals surface area contributed by atoms with Gasteiger partial charge in [-0.2, -0.15) is 0 Å². The number of esters is 1. The highest BCUT2D eigenvalue weighted by Gasteiger charge is 2.38. The average molecular weight is 436 g/mol. The molecule has 2 aromatic carbocycles. The van der Waals surface area contributed by atoms with Gasteiger partial charge >= 0.3 is 5.97 Å². The third kappa shape index (κ3) is 4.36. The Hall–Kier alpha value is -3.25. The standard InChI is InChI=1S/C26H29NO5/c1-29-23-16-19-13-14-27(25(26(28)31-3)18-8-5-4-6-9-18)22(21(19)17-24(23)30-2)12-11-20-10-7-15-32-20/h4-10,15-17,22,25H,11-14H2,1-3H3. The van der Waals surface area contributed by atoms with E-state index >= 15 is 0 Å². The summed E-state index contributed by atoms with van der Waals surface area (Å²) in [5.41, 5.74) is 3.27. The Balaban J connectivity index is 1.77. The van der Waals surface area contributed by atoms with Crippen LogP contribution in [0.1, 0.15) is 41.0 Å². The molecule has 2 heterocycles. The van der Waals surface area contributed by atoms with E-state index in [-0.39, 0.29) is 12.0 Å². The molecule has 168 valence electrons. The zero-order valence-electron chi connectivity index (χ0n) is 18.7. The Morgan fingerprint density at radius 3 is 2.47 bits per heavy atom. The molecular weight excluding hydrogens is 406 g/mol. The number of nitrogens with zero attached hydrogens (tertiary/aromatic N) is 1. The Kier molecular flexibility index (Phi) is 6.81. The van der Waals surface area contributed by atoms with Crippen molar-refractivity contribution in [3.8, 4) is 11.5 Å². The first kappa shape index (κ1) is 22.0. The van der Waals surface area contributed by atoms with Gasteiger partial charge in [-0.1, -0.05) is 30.3 Å². The van der Waals surface area contributed by atoms with E-state index in [9.17, 15) is 4.79 Å². The summed E-state index contributed by atoms with van der Waals surface area (Å²) < 4.78 is 22.0. The topological polar surface area (TPSA) is 61.1 Å². The van der Waals surface area contributed by atoms with Crippen LogP contribution in [-0.4, -0.2) is 38.7 Å². The lowest BCUT2D eigenvalue weighted by Crippen LogP contribution is -2.42. The summed E-state index contributed by atoms with van der Waals surface area (Å²) in [4.78, 5) is 15.2. The van der Waals surface area contributed by atoms with Crippen molar-refractivity contribution in [1.29, 1.82) is 0 Å². The third-order valence-corrected chi connectivity index (χ3v) is 6.16. The highest BCUT2D eigenvalue weighted by molar-refractivity contribution is 5.77. The molecule has 3 aromatic rings. The van der Waals surface area contributed by atoms with Crippen LogP contribution in [0.3, 0.4) is 0 Å². The molecule has 0 amide bonds. The van der Waals surface area contributed by atoms with E-state index in [0.717, 1.165) is 48.4 Å². The number of furan rings is 1. The number of ether oxygens (including phenoxy) is 3. The van der Waals surface area contributed by atoms with Gasteiger partial charge in [0.25, 0.3) is 0 Å². The SMILES string of the molecule is COC(=O)C(c1ccccc1)N1CCc2cc(OC)c(OC)cc2C1CCc1ccco1. The van der Waals surface area contributed by atoms with Crippen LogP contribution in [-0.2, 0) is 22.4 Å². The first-order valence-corrected chi connectivity index (χ1v) is 10.8. The molecule has 0 aliphatic carbocycles. The van der Waals surface area contributed by atoms with Gasteiger partial charge in [0.1, 0.15) is 11.8 Å². The van der Waals surface area contributed by atoms with Crippen molar-refractivity contribution >= 4 is 5.97 Å². The molecule has 0 spiro atoms. The summed E-state index contributed by atoms with van der Waals surface area (Å²) in [6.45, 7) is 0.722. The molecule has 2 unspecified atom stereocenters. The molecule has 1 aromatic heterocycles. The fraction of sp³-hybridized carbons (Fsp3) is 0.346. The number of hydrogen-bond donors (Lipinski definition) is 0. The number of benzene rings is 2. The Morgan fingerprint density at radius 2 is 1.81 bits per heavy atom. The van der Waals surface area contributed by atoms with Crippen molar-refractivity contribution in [2.45, 2.75) is 31.3 Å². The zero-order valence-corrected chi connectivity index (χ0v) is 18.7. The largest absolute Gasteiger partial charge is 0.493 e. The van der Waals surface area contributed by atoms with Crippen LogP contribution < -0.4 is 9.47 Å². The summed E-state index contributed by atoms with van der Waals surface area (Å²) in [6, 6.07) is 17.3. The molecule has 1 aliphatic heterocycles. The fourth-order valence-electron chi connectivity index (χ4n) is 4.62. The lowest BCUT2D eigenvalue weighted by atomic mass is 9.87. The number of methoxy groups -OCH3 is 3. The van der Waals surface area contributed by atoms with Crippen LogP contribution >= 0.6 is 0 Å². The lowest BCUT2D eigenvalue weighted by Gasteiger charge is -2.41. The van der Waals surface area contributed by atoms with E-state index in [1.807, 2.05) is 48.5 Å². The second-order valence-electron chi connectivity index (χ2n) is 7.86. The minimum absolute atomic E-state index is 0.0204. The number of hydrogen-bond acceptors (Lipinski definition) is 6. The monoisotopic (exact) mass is 435 g/mol. The number of aryl methyl sites for hydroxylation is 1. The van der Waals surface area contributed by atoms with Crippen LogP contribution in [0.15, 0.2) is 65.3 Å². The van der Waals surface area contributed by atoms with Gasteiger partial charge in [-0.25, -0.2) is 4.79 Å². The van der Waals surface area contributed by atoms with E-state index in [1.165, 1.54) is 12.7 Å². The van der Waals surface area contributed by atoms with Crippen molar-refractivity contribution in [2.24, 2.45) is 0 Å². The first-order valence-electron chi connectivity index (χ1n) is 10.8. The van der Waals surface area contributed by atoms with Gasteiger partial charge in [0.2, 0.25) is 0 Å². The molecule has 0 radical (unpaired) electrons. The van der Waals surface area contributed by atoms with Crippen LogP contribution in [0, 0.1) is 0 Å². The zero-order chi connectivity index (χ0) is 22.5. The Morgan fingerprint density at radius 1 is 1.06 bits per heavy atom. The summed E-state index contributed by atoms with van der Waals surface area (Å²) in [7, 11) is 4.74. The molecule has 2 atom stereocenters. The normalized spacial score (nSPS) is 16.8. The molecular formula is C26H29NO5. The van der Waals surface area contributed by atoms with Crippen LogP contribution in [0.4, 0.5) is 0 Å². The Bertz CT molecular complexity index is 1030. The molecule has 1 aliphatic rings. The molecule has 32 heavy (non-hydrogen) atoms. The van der Waals surface area contributed by atoms with Gasteiger partial charge in [0, 0.05) is 19.0 Å². The van der Waals surface area contributed by atoms with Crippen molar-refractivity contribution in [1.82, 2.24) is 4.90 Å². The molecule has 0 N–H and O–H groups in total. The van der Waals surface area contributed by atoms with Crippen LogP contribution in [0.2, 0.25) is 0 Å². The molecule has 0 bridgehead atoms. The second-order valence-corrected chi connectivity index (χ2v) is 7.86. The molecule has 0 saturated carbocycles. The van der Waals surface area contributed by atoms with E-state index < -0.39 is 6.04 Å². The molecule has 0 fully saturated rings. The maximum Gasteiger partial charge on any atom is 0.327 e. The molecule has 4 rings (SSSR count). The van der Waals surface area contributed by atoms with Gasteiger partial charge in [-0.15, -0.1) is 0 Å². The predicted molar refractivity (Wildman–Crippen MR) is 121 cm³/mol. The smallest absolute Gasteiger partial charge is 0.327 e. The van der Waals surface area contributed by atoms with Gasteiger partial charge < -0.3 is 18.6 Å². The average Bonchev–Trinajstić information content (AvgIpc) is 3.36. The van der Waals surface area contributed by atoms with Crippen LogP contribution in [0.25, 0.3) is 0 Å². The van der Waals surface area contributed by atoms with Crippen molar-refractivity contribution in [2.75, 3.05) is 27.9 Å². The van der Waals surface area contributed by atoms with E-state index in [1.54, 1.807) is 20.5 Å². The summed E-state index contributed by atoms with van der Waals surface area (Å²) in [5, 5.41) is 0. The number of carbonyl (C=O) groups is 1. The minimum Gasteiger partial charge on any atom is -0.493 e. The first-order chi connectivity index (χ1) is 15.7. The summed E-state index contributed by atoms with van der Waals surface area (Å²) >= 11 is 0. The number of fused-ring (bicyclic) bond motifs is 1. The molecule has 6 nitrogen and oxygen atoms in total. The number of rotatable bonds is 8. The van der Waals surface area contributed by atoms with E-state index in [4.69, 9.17) is 18.6 Å². The van der Waals surface area contributed by atoms with Crippen LogP contribution in [0.5, 0.6) is 11.5 Å². The highest BCUT2D eigenvalue weighted by atomic mass is 16.5. The quantitative estimate of drug-likeness (QED) is 0.476. The summed E-state index contributed by atoms with van der Waals surface area (Å²) in [5.74, 6) is 2.07. The fourth-order valence-corrected chi connectivity index (χ4v) is 4.62. The van der Waals surface area contributed by atoms with Crippen molar-refractivity contribution < 1.29 is 23.4 Å². The number of carbonyl (C=O) groups excluding carboxylic acids is 1. The van der Waals surface area contributed by atoms with Gasteiger partial charge in [0.05, 0.1) is 27.6 Å². The molecule has 0 saturated heterocycles. The van der Waals surface area contributed by atoms with Crippen molar-refractivity contribution in [3.05, 3.63) is 83.3 Å². The second kappa shape index (κ2) is 9.92.